The lowest BCUT2D eigenvalue weighted by atomic mass is 10.1. The van der Waals surface area contributed by atoms with Crippen molar-refractivity contribution < 1.29 is 4.79 Å². The molecule has 20 heavy (non-hydrogen) atoms. The Kier molecular flexibility index (Phi) is 4.78. The van der Waals surface area contributed by atoms with Crippen LogP contribution in [-0.2, 0) is 5.88 Å². The van der Waals surface area contributed by atoms with Crippen molar-refractivity contribution in [2.45, 2.75) is 5.88 Å². The number of benzene rings is 2. The number of nitriles is 1. The second-order valence-corrected chi connectivity index (χ2v) is 5.21. The third-order valence-corrected chi connectivity index (χ3v) is 3.68. The summed E-state index contributed by atoms with van der Waals surface area (Å²) >= 11 is 9.03. The highest BCUT2D eigenvalue weighted by Crippen LogP contribution is 2.24. The molecule has 0 aliphatic heterocycles. The van der Waals surface area contributed by atoms with Crippen LogP contribution < -0.4 is 5.32 Å². The molecule has 0 bridgehead atoms. The third-order valence-electron chi connectivity index (χ3n) is 2.72. The van der Waals surface area contributed by atoms with E-state index in [9.17, 15) is 4.79 Å². The first kappa shape index (κ1) is 14.6. The molecular formula is C15H10BrClN2O. The highest BCUT2D eigenvalue weighted by molar-refractivity contribution is 9.10. The van der Waals surface area contributed by atoms with Gasteiger partial charge in [-0.05, 0) is 51.8 Å². The number of carbonyl (C=O) groups is 1. The minimum atomic E-state index is -0.212. The molecule has 0 saturated carbocycles. The smallest absolute Gasteiger partial charge is 0.255 e. The van der Waals surface area contributed by atoms with E-state index >= 15 is 0 Å². The van der Waals surface area contributed by atoms with Gasteiger partial charge in [0.05, 0.1) is 17.3 Å². The van der Waals surface area contributed by atoms with Crippen molar-refractivity contribution in [2.75, 3.05) is 5.32 Å². The molecule has 0 aromatic heterocycles. The molecule has 5 heteroatoms. The van der Waals surface area contributed by atoms with E-state index in [0.29, 0.717) is 27.2 Å². The molecule has 0 atom stereocenters. The molecule has 0 heterocycles. The first-order valence-electron chi connectivity index (χ1n) is 5.80. The van der Waals surface area contributed by atoms with E-state index in [0.717, 1.165) is 5.56 Å². The van der Waals surface area contributed by atoms with Crippen molar-refractivity contribution in [1.29, 1.82) is 5.26 Å². The fourth-order valence-corrected chi connectivity index (χ4v) is 2.28. The van der Waals surface area contributed by atoms with Gasteiger partial charge in [0.15, 0.2) is 0 Å². The van der Waals surface area contributed by atoms with Gasteiger partial charge in [-0.25, -0.2) is 0 Å². The average molecular weight is 350 g/mol. The summed E-state index contributed by atoms with van der Waals surface area (Å²) in [5.74, 6) is 0.208. The summed E-state index contributed by atoms with van der Waals surface area (Å²) < 4.78 is 0.669. The molecule has 0 spiro atoms. The van der Waals surface area contributed by atoms with Gasteiger partial charge in [-0.1, -0.05) is 12.1 Å². The van der Waals surface area contributed by atoms with Crippen LogP contribution in [0.5, 0.6) is 0 Å². The van der Waals surface area contributed by atoms with E-state index in [1.807, 2.05) is 18.2 Å². The normalized spacial score (nSPS) is 9.85. The fourth-order valence-electron chi connectivity index (χ4n) is 1.63. The predicted molar refractivity (Wildman–Crippen MR) is 82.8 cm³/mol. The molecule has 0 aliphatic carbocycles. The number of halogens is 2. The molecule has 2 rings (SSSR count). The van der Waals surface area contributed by atoms with E-state index in [1.54, 1.807) is 30.3 Å². The Balaban J connectivity index is 2.17. The van der Waals surface area contributed by atoms with Crippen LogP contribution in [0.3, 0.4) is 0 Å². The summed E-state index contributed by atoms with van der Waals surface area (Å²) in [6.45, 7) is 0. The van der Waals surface area contributed by atoms with E-state index in [2.05, 4.69) is 21.2 Å². The van der Waals surface area contributed by atoms with Crippen molar-refractivity contribution in [3.8, 4) is 6.07 Å². The second kappa shape index (κ2) is 6.56. The summed E-state index contributed by atoms with van der Waals surface area (Å²) in [6, 6.07) is 14.1. The van der Waals surface area contributed by atoms with Crippen LogP contribution in [0, 0.1) is 11.3 Å². The zero-order chi connectivity index (χ0) is 14.5. The van der Waals surface area contributed by atoms with Crippen molar-refractivity contribution in [3.63, 3.8) is 0 Å². The molecule has 1 amide bonds. The predicted octanol–water partition coefficient (Wildman–Crippen LogP) is 4.31. The second-order valence-electron chi connectivity index (χ2n) is 4.09. The van der Waals surface area contributed by atoms with Gasteiger partial charge in [-0.3, -0.25) is 4.79 Å². The summed E-state index contributed by atoms with van der Waals surface area (Å²) in [5.41, 5.74) is 2.66. The third kappa shape index (κ3) is 3.38. The Bertz CT molecular complexity index is 677. The van der Waals surface area contributed by atoms with Crippen LogP contribution in [0.2, 0.25) is 0 Å². The van der Waals surface area contributed by atoms with E-state index in [-0.39, 0.29) is 5.91 Å². The Morgan fingerprint density at radius 3 is 2.50 bits per heavy atom. The Labute approximate surface area is 130 Å². The average Bonchev–Trinajstić information content (AvgIpc) is 2.49. The number of amides is 1. The first-order valence-corrected chi connectivity index (χ1v) is 7.12. The van der Waals surface area contributed by atoms with E-state index < -0.39 is 0 Å². The zero-order valence-electron chi connectivity index (χ0n) is 10.4. The van der Waals surface area contributed by atoms with Gasteiger partial charge < -0.3 is 5.32 Å². The molecule has 0 saturated heterocycles. The molecule has 1 N–H and O–H groups in total. The maximum Gasteiger partial charge on any atom is 0.255 e. The minimum Gasteiger partial charge on any atom is -0.321 e. The highest BCUT2D eigenvalue weighted by Gasteiger charge is 2.08. The van der Waals surface area contributed by atoms with Gasteiger partial charge in [0.25, 0.3) is 5.91 Å². The standard InChI is InChI=1S/C15H10BrClN2O/c16-13-7-11(9-18)3-6-14(13)19-15(20)12-4-1-10(8-17)2-5-12/h1-7H,8H2,(H,19,20). The molecule has 0 radical (unpaired) electrons. The highest BCUT2D eigenvalue weighted by atomic mass is 79.9. The summed E-state index contributed by atoms with van der Waals surface area (Å²) in [5, 5.41) is 11.6. The van der Waals surface area contributed by atoms with Gasteiger partial charge in [0.1, 0.15) is 0 Å². The van der Waals surface area contributed by atoms with Crippen molar-refractivity contribution >= 4 is 39.1 Å². The SMILES string of the molecule is N#Cc1ccc(NC(=O)c2ccc(CCl)cc2)c(Br)c1. The number of hydrogen-bond acceptors (Lipinski definition) is 2. The number of nitrogens with one attached hydrogen (secondary N) is 1. The van der Waals surface area contributed by atoms with Gasteiger partial charge >= 0.3 is 0 Å². The van der Waals surface area contributed by atoms with Crippen molar-refractivity contribution in [3.05, 3.63) is 63.6 Å². The van der Waals surface area contributed by atoms with Gasteiger partial charge in [0, 0.05) is 15.9 Å². The van der Waals surface area contributed by atoms with Crippen molar-refractivity contribution in [2.24, 2.45) is 0 Å². The van der Waals surface area contributed by atoms with Crippen LogP contribution >= 0.6 is 27.5 Å². The number of alkyl halides is 1. The maximum atomic E-state index is 12.1. The van der Waals surface area contributed by atoms with Crippen LogP contribution in [-0.4, -0.2) is 5.91 Å². The van der Waals surface area contributed by atoms with Crippen LogP contribution in [0.4, 0.5) is 5.69 Å². The zero-order valence-corrected chi connectivity index (χ0v) is 12.7. The van der Waals surface area contributed by atoms with Gasteiger partial charge in [0.2, 0.25) is 0 Å². The lowest BCUT2D eigenvalue weighted by molar-refractivity contribution is 0.102. The molecule has 2 aromatic rings. The van der Waals surface area contributed by atoms with Crippen LogP contribution in [0.1, 0.15) is 21.5 Å². The number of hydrogen-bond donors (Lipinski definition) is 1. The molecule has 0 aliphatic rings. The molecular weight excluding hydrogens is 340 g/mol. The van der Waals surface area contributed by atoms with Gasteiger partial charge in [-0.15, -0.1) is 11.6 Å². The number of nitrogens with zero attached hydrogens (tertiary/aromatic N) is 1. The lowest BCUT2D eigenvalue weighted by Gasteiger charge is -2.08. The minimum absolute atomic E-state index is 0.212. The quantitative estimate of drug-likeness (QED) is 0.839. The van der Waals surface area contributed by atoms with Crippen LogP contribution in [0.15, 0.2) is 46.9 Å². The van der Waals surface area contributed by atoms with Crippen LogP contribution in [0.25, 0.3) is 0 Å². The van der Waals surface area contributed by atoms with Gasteiger partial charge in [-0.2, -0.15) is 5.26 Å². The number of anilines is 1. The number of rotatable bonds is 3. The largest absolute Gasteiger partial charge is 0.321 e. The molecule has 100 valence electrons. The monoisotopic (exact) mass is 348 g/mol. The lowest BCUT2D eigenvalue weighted by Crippen LogP contribution is -2.12. The summed E-state index contributed by atoms with van der Waals surface area (Å²) in [4.78, 5) is 12.1. The Hall–Kier alpha value is -1.83. The summed E-state index contributed by atoms with van der Waals surface area (Å²) in [6.07, 6.45) is 0. The summed E-state index contributed by atoms with van der Waals surface area (Å²) in [7, 11) is 0. The fraction of sp³-hybridized carbons (Fsp3) is 0.0667. The molecule has 3 nitrogen and oxygen atoms in total. The number of carbonyl (C=O) groups excluding carboxylic acids is 1. The molecule has 0 fully saturated rings. The topological polar surface area (TPSA) is 52.9 Å². The Morgan fingerprint density at radius 2 is 1.95 bits per heavy atom. The van der Waals surface area contributed by atoms with Crippen molar-refractivity contribution in [1.82, 2.24) is 0 Å². The molecule has 0 unspecified atom stereocenters. The molecule has 2 aromatic carbocycles. The van der Waals surface area contributed by atoms with E-state index in [1.165, 1.54) is 0 Å². The van der Waals surface area contributed by atoms with E-state index in [4.69, 9.17) is 16.9 Å². The maximum absolute atomic E-state index is 12.1. The Morgan fingerprint density at radius 1 is 1.25 bits per heavy atom. The first-order chi connectivity index (χ1) is 9.63.